The number of rotatable bonds is 3. The third-order valence-electron chi connectivity index (χ3n) is 2.47. The number of hydrogen-bond acceptors (Lipinski definition) is 3. The highest BCUT2D eigenvalue weighted by atomic mass is 32.2. The van der Waals surface area contributed by atoms with E-state index in [1.807, 2.05) is 0 Å². The summed E-state index contributed by atoms with van der Waals surface area (Å²) < 4.78 is 36.7. The van der Waals surface area contributed by atoms with E-state index in [9.17, 15) is 12.8 Å². The van der Waals surface area contributed by atoms with Crippen molar-refractivity contribution in [2.24, 2.45) is 0 Å². The van der Waals surface area contributed by atoms with Crippen molar-refractivity contribution in [2.75, 3.05) is 5.75 Å². The van der Waals surface area contributed by atoms with Gasteiger partial charge in [-0.25, -0.2) is 12.8 Å². The van der Waals surface area contributed by atoms with Crippen molar-refractivity contribution in [3.63, 3.8) is 0 Å². The third kappa shape index (κ3) is 2.55. The Kier molecular flexibility index (Phi) is 3.32. The van der Waals surface area contributed by atoms with Crippen molar-refractivity contribution >= 4 is 27.2 Å². The van der Waals surface area contributed by atoms with Gasteiger partial charge in [-0.2, -0.15) is 11.8 Å². The Bertz CT molecular complexity index is 574. The van der Waals surface area contributed by atoms with Gasteiger partial charge in [-0.3, -0.25) is 0 Å². The van der Waals surface area contributed by atoms with Crippen molar-refractivity contribution in [3.8, 4) is 0 Å². The van der Waals surface area contributed by atoms with E-state index in [-0.39, 0.29) is 4.90 Å². The minimum atomic E-state index is -3.44. The molecule has 5 heteroatoms. The van der Waals surface area contributed by atoms with Gasteiger partial charge >= 0.3 is 0 Å². The lowest BCUT2D eigenvalue weighted by Gasteiger charge is -2.06. The molecule has 0 saturated heterocycles. The van der Waals surface area contributed by atoms with E-state index < -0.39 is 15.7 Å². The number of benzene rings is 1. The minimum absolute atomic E-state index is 0.0943. The summed E-state index contributed by atoms with van der Waals surface area (Å²) in [4.78, 5) is 0.0943. The minimum Gasteiger partial charge on any atom is -0.219 e. The molecule has 0 amide bonds. The Hall–Kier alpha value is -0.810. The van der Waals surface area contributed by atoms with Gasteiger partial charge in [-0.1, -0.05) is 19.9 Å². The molecule has 0 aromatic heterocycles. The third-order valence-corrected chi connectivity index (χ3v) is 5.16. The van der Waals surface area contributed by atoms with Crippen LogP contribution in [0.2, 0.25) is 0 Å². The zero-order chi connectivity index (χ0) is 12.6. The number of sulfone groups is 1. The van der Waals surface area contributed by atoms with E-state index in [1.54, 1.807) is 17.8 Å². The molecule has 1 aliphatic rings. The molecule has 0 radical (unpaired) electrons. The van der Waals surface area contributed by atoms with Crippen molar-refractivity contribution in [3.05, 3.63) is 35.0 Å². The van der Waals surface area contributed by atoms with Crippen LogP contribution in [0.15, 0.2) is 28.5 Å². The molecule has 0 aliphatic carbocycles. The molecule has 2 nitrogen and oxygen atoms in total. The number of fused-ring (bicyclic) bond motifs is 1. The summed E-state index contributed by atoms with van der Waals surface area (Å²) >= 11 is 1.67. The lowest BCUT2D eigenvalue weighted by atomic mass is 10.1. The average molecular weight is 272 g/mol. The van der Waals surface area contributed by atoms with Crippen molar-refractivity contribution < 1.29 is 12.8 Å². The molecule has 2 rings (SSSR count). The van der Waals surface area contributed by atoms with Crippen LogP contribution in [0.3, 0.4) is 0 Å². The van der Waals surface area contributed by atoms with Crippen LogP contribution in [0.1, 0.15) is 19.4 Å². The quantitative estimate of drug-likeness (QED) is 0.848. The molecule has 0 unspecified atom stereocenters. The zero-order valence-corrected chi connectivity index (χ0v) is 11.2. The van der Waals surface area contributed by atoms with E-state index in [0.717, 1.165) is 11.6 Å². The molecule has 0 atom stereocenters. The van der Waals surface area contributed by atoms with Gasteiger partial charge in [0.15, 0.2) is 0 Å². The monoisotopic (exact) mass is 272 g/mol. The summed E-state index contributed by atoms with van der Waals surface area (Å²) in [5.41, 5.74) is 1.40. The highest BCUT2D eigenvalue weighted by Crippen LogP contribution is 2.36. The maximum atomic E-state index is 13.1. The highest BCUT2D eigenvalue weighted by Gasteiger charge is 2.27. The van der Waals surface area contributed by atoms with Crippen LogP contribution in [-0.4, -0.2) is 19.4 Å². The Morgan fingerprint density at radius 3 is 2.71 bits per heavy atom. The van der Waals surface area contributed by atoms with Crippen molar-refractivity contribution in [1.29, 1.82) is 0 Å². The molecule has 0 spiro atoms. The standard InChI is InChI=1S/C12H13FO2S2/c1-8(2)16-6-9-7-17(14,15)12-5-10(13)3-4-11(9)12/h3-5,7-8H,6H2,1-2H3. The number of hydrogen-bond donors (Lipinski definition) is 0. The van der Waals surface area contributed by atoms with Gasteiger partial charge in [0.2, 0.25) is 9.84 Å². The number of thioether (sulfide) groups is 1. The fourth-order valence-corrected chi connectivity index (χ4v) is 4.03. The number of halogens is 1. The van der Waals surface area contributed by atoms with Gasteiger partial charge in [0, 0.05) is 11.2 Å². The Labute approximate surface area is 105 Å². The van der Waals surface area contributed by atoms with Gasteiger partial charge < -0.3 is 0 Å². The van der Waals surface area contributed by atoms with Crippen LogP contribution in [-0.2, 0) is 9.84 Å². The normalized spacial score (nSPS) is 17.1. The van der Waals surface area contributed by atoms with Crippen LogP contribution in [0.4, 0.5) is 4.39 Å². The molecule has 0 N–H and O–H groups in total. The molecule has 0 bridgehead atoms. The van der Waals surface area contributed by atoms with Crippen molar-refractivity contribution in [1.82, 2.24) is 0 Å². The first-order valence-corrected chi connectivity index (χ1v) is 7.87. The summed E-state index contributed by atoms with van der Waals surface area (Å²) in [6, 6.07) is 3.93. The second kappa shape index (κ2) is 4.46. The van der Waals surface area contributed by atoms with E-state index >= 15 is 0 Å². The molecule has 1 aliphatic heterocycles. The van der Waals surface area contributed by atoms with Crippen LogP contribution in [0.25, 0.3) is 5.57 Å². The molecular weight excluding hydrogens is 259 g/mol. The largest absolute Gasteiger partial charge is 0.219 e. The molecule has 1 aromatic rings. The smallest absolute Gasteiger partial charge is 0.200 e. The van der Waals surface area contributed by atoms with Gasteiger partial charge in [0.05, 0.1) is 4.90 Å². The molecule has 0 saturated carbocycles. The summed E-state index contributed by atoms with van der Waals surface area (Å²) in [7, 11) is -3.44. The summed E-state index contributed by atoms with van der Waals surface area (Å²) in [5, 5.41) is 1.69. The van der Waals surface area contributed by atoms with E-state index in [1.165, 1.54) is 11.5 Å². The first-order valence-electron chi connectivity index (χ1n) is 5.27. The van der Waals surface area contributed by atoms with Gasteiger partial charge in [0.25, 0.3) is 0 Å². The van der Waals surface area contributed by atoms with E-state index in [0.29, 0.717) is 16.6 Å². The molecule has 1 heterocycles. The molecule has 0 fully saturated rings. The fourth-order valence-electron chi connectivity index (χ4n) is 1.68. The second-order valence-electron chi connectivity index (χ2n) is 4.19. The topological polar surface area (TPSA) is 34.1 Å². The first kappa shape index (κ1) is 12.6. The van der Waals surface area contributed by atoms with Crippen LogP contribution < -0.4 is 0 Å². The second-order valence-corrected chi connectivity index (χ2v) is 7.52. The maximum Gasteiger partial charge on any atom is 0.200 e. The molecule has 1 aromatic carbocycles. The van der Waals surface area contributed by atoms with Crippen LogP contribution >= 0.6 is 11.8 Å². The summed E-state index contributed by atoms with van der Waals surface area (Å²) in [6.07, 6.45) is 0. The zero-order valence-electron chi connectivity index (χ0n) is 9.60. The predicted octanol–water partition coefficient (Wildman–Crippen LogP) is 3.10. The van der Waals surface area contributed by atoms with Gasteiger partial charge in [-0.05, 0) is 28.5 Å². The predicted molar refractivity (Wildman–Crippen MR) is 69.2 cm³/mol. The Morgan fingerprint density at radius 1 is 1.35 bits per heavy atom. The van der Waals surface area contributed by atoms with E-state index in [2.05, 4.69) is 13.8 Å². The molecule has 92 valence electrons. The maximum absolute atomic E-state index is 13.1. The SMILES string of the molecule is CC(C)SCC1=CS(=O)(=O)c2cc(F)ccc21. The molecular formula is C12H13FO2S2. The average Bonchev–Trinajstić information content (AvgIpc) is 2.48. The molecule has 17 heavy (non-hydrogen) atoms. The first-order chi connectivity index (χ1) is 7.90. The van der Waals surface area contributed by atoms with Gasteiger partial charge in [0.1, 0.15) is 5.82 Å². The van der Waals surface area contributed by atoms with Crippen LogP contribution in [0, 0.1) is 5.82 Å². The van der Waals surface area contributed by atoms with E-state index in [4.69, 9.17) is 0 Å². The lowest BCUT2D eigenvalue weighted by Crippen LogP contribution is -1.94. The van der Waals surface area contributed by atoms with Crippen molar-refractivity contribution in [2.45, 2.75) is 24.0 Å². The fraction of sp³-hybridized carbons (Fsp3) is 0.333. The summed E-state index contributed by atoms with van der Waals surface area (Å²) in [6.45, 7) is 4.11. The Balaban J connectivity index is 2.40. The summed E-state index contributed by atoms with van der Waals surface area (Å²) in [5.74, 6) is 0.119. The lowest BCUT2D eigenvalue weighted by molar-refractivity contribution is 0.599. The van der Waals surface area contributed by atoms with Crippen LogP contribution in [0.5, 0.6) is 0 Å². The highest BCUT2D eigenvalue weighted by molar-refractivity contribution is 8.00. The van der Waals surface area contributed by atoms with Gasteiger partial charge in [-0.15, -0.1) is 0 Å². The Morgan fingerprint density at radius 2 is 2.06 bits per heavy atom.